The van der Waals surface area contributed by atoms with Crippen LogP contribution in [0.5, 0.6) is 0 Å². The van der Waals surface area contributed by atoms with Crippen LogP contribution >= 0.6 is 0 Å². The lowest BCUT2D eigenvalue weighted by molar-refractivity contribution is -0.139. The molecular weight excluding hydrogens is 443 g/mol. The molecule has 2 aliphatic rings. The molecule has 0 aliphatic carbocycles. The van der Waals surface area contributed by atoms with Crippen molar-refractivity contribution in [3.8, 4) is 0 Å². The summed E-state index contributed by atoms with van der Waals surface area (Å²) in [7, 11) is -4.52. The Hall–Kier alpha value is -1.65. The number of sulfonamides is 1. The summed E-state index contributed by atoms with van der Waals surface area (Å²) < 4.78 is 67.2. The number of benzene rings is 1. The van der Waals surface area contributed by atoms with Crippen LogP contribution in [0.1, 0.15) is 45.1 Å². The molecule has 2 heterocycles. The number of piperidine rings is 2. The number of nitrogens with zero attached hydrogens (tertiary/aromatic N) is 2. The van der Waals surface area contributed by atoms with Gasteiger partial charge in [0.25, 0.3) is 0 Å². The summed E-state index contributed by atoms with van der Waals surface area (Å²) in [6.45, 7) is 7.73. The van der Waals surface area contributed by atoms with Crippen molar-refractivity contribution in [2.45, 2.75) is 56.6 Å². The highest BCUT2D eigenvalue weighted by atomic mass is 32.2. The van der Waals surface area contributed by atoms with Gasteiger partial charge in [-0.25, -0.2) is 8.42 Å². The molecule has 32 heavy (non-hydrogen) atoms. The first-order valence-electron chi connectivity index (χ1n) is 11.2. The van der Waals surface area contributed by atoms with Crippen molar-refractivity contribution in [2.24, 2.45) is 11.8 Å². The summed E-state index contributed by atoms with van der Waals surface area (Å²) in [6, 6.07) is 2.83. The van der Waals surface area contributed by atoms with Crippen molar-refractivity contribution in [3.05, 3.63) is 29.8 Å². The predicted molar refractivity (Wildman–Crippen MR) is 115 cm³/mol. The van der Waals surface area contributed by atoms with E-state index in [2.05, 4.69) is 16.5 Å². The second-order valence-corrected chi connectivity index (χ2v) is 10.8. The molecule has 0 spiro atoms. The van der Waals surface area contributed by atoms with E-state index in [-0.39, 0.29) is 0 Å². The van der Waals surface area contributed by atoms with Crippen LogP contribution in [0.15, 0.2) is 29.2 Å². The highest BCUT2D eigenvalue weighted by Crippen LogP contribution is 2.34. The summed E-state index contributed by atoms with van der Waals surface area (Å²) in [6.07, 6.45) is -0.627. The molecule has 1 aromatic carbocycles. The van der Waals surface area contributed by atoms with E-state index in [9.17, 15) is 26.4 Å². The lowest BCUT2D eigenvalue weighted by Gasteiger charge is -2.38. The van der Waals surface area contributed by atoms with Crippen LogP contribution in [0, 0.1) is 11.8 Å². The molecule has 2 atom stereocenters. The summed E-state index contributed by atoms with van der Waals surface area (Å²) in [5.41, 5.74) is -1.25. The second-order valence-electron chi connectivity index (χ2n) is 9.11. The van der Waals surface area contributed by atoms with Gasteiger partial charge in [0.2, 0.25) is 15.9 Å². The van der Waals surface area contributed by atoms with Gasteiger partial charge in [-0.3, -0.25) is 4.79 Å². The van der Waals surface area contributed by atoms with Crippen molar-refractivity contribution in [3.63, 3.8) is 0 Å². The lowest BCUT2D eigenvalue weighted by Crippen LogP contribution is -2.51. The number of nitrogens with one attached hydrogen (secondary N) is 1. The highest BCUT2D eigenvalue weighted by molar-refractivity contribution is 7.89. The van der Waals surface area contributed by atoms with Gasteiger partial charge in [-0.15, -0.1) is 0 Å². The predicted octanol–water partition coefficient (Wildman–Crippen LogP) is 3.34. The van der Waals surface area contributed by atoms with Gasteiger partial charge in [-0.05, 0) is 69.7 Å². The van der Waals surface area contributed by atoms with Crippen molar-refractivity contribution in [1.82, 2.24) is 14.5 Å². The molecule has 2 fully saturated rings. The maximum absolute atomic E-state index is 13.3. The number of halogens is 3. The Labute approximate surface area is 188 Å². The number of hydrogen-bond acceptors (Lipinski definition) is 4. The van der Waals surface area contributed by atoms with E-state index in [0.29, 0.717) is 19.0 Å². The first kappa shape index (κ1) is 25.0. The molecule has 2 aliphatic heterocycles. The Morgan fingerprint density at radius 3 is 2.47 bits per heavy atom. The van der Waals surface area contributed by atoms with Crippen LogP contribution < -0.4 is 4.72 Å². The lowest BCUT2D eigenvalue weighted by atomic mass is 9.94. The van der Waals surface area contributed by atoms with Gasteiger partial charge in [-0.2, -0.15) is 17.9 Å². The van der Waals surface area contributed by atoms with Crippen LogP contribution in [0.2, 0.25) is 0 Å². The molecule has 1 unspecified atom stereocenters. The van der Waals surface area contributed by atoms with Gasteiger partial charge in [0.1, 0.15) is 0 Å². The summed E-state index contributed by atoms with van der Waals surface area (Å²) in [5, 5.41) is 0. The van der Waals surface area contributed by atoms with Gasteiger partial charge in [0, 0.05) is 19.6 Å². The minimum absolute atomic E-state index is 0.316. The summed E-state index contributed by atoms with van der Waals surface area (Å²) in [4.78, 5) is 16.1. The summed E-state index contributed by atoms with van der Waals surface area (Å²) in [5.74, 6) is 0.651. The monoisotopic (exact) mass is 475 g/mol. The molecule has 0 radical (unpaired) electrons. The van der Waals surface area contributed by atoms with Crippen molar-refractivity contribution >= 4 is 15.9 Å². The van der Waals surface area contributed by atoms with Crippen LogP contribution in [-0.2, 0) is 21.0 Å². The Morgan fingerprint density at radius 1 is 1.16 bits per heavy atom. The minimum atomic E-state index is -4.81. The summed E-state index contributed by atoms with van der Waals surface area (Å²) >= 11 is 0. The number of amides is 1. The van der Waals surface area contributed by atoms with Crippen molar-refractivity contribution < 1.29 is 26.4 Å². The van der Waals surface area contributed by atoms with E-state index in [1.165, 1.54) is 25.8 Å². The molecule has 2 saturated heterocycles. The van der Waals surface area contributed by atoms with E-state index in [0.717, 1.165) is 56.6 Å². The first-order valence-corrected chi connectivity index (χ1v) is 12.7. The van der Waals surface area contributed by atoms with Crippen molar-refractivity contribution in [2.75, 3.05) is 32.7 Å². The van der Waals surface area contributed by atoms with Crippen LogP contribution in [0.4, 0.5) is 13.2 Å². The van der Waals surface area contributed by atoms with E-state index in [4.69, 9.17) is 0 Å². The van der Waals surface area contributed by atoms with E-state index >= 15 is 0 Å². The third kappa shape index (κ3) is 6.23. The molecule has 0 aromatic heterocycles. The first-order chi connectivity index (χ1) is 15.0. The Balaban J connectivity index is 1.63. The number of rotatable bonds is 6. The second kappa shape index (κ2) is 10.1. The fourth-order valence-electron chi connectivity index (χ4n) is 4.58. The van der Waals surface area contributed by atoms with E-state index in [1.54, 1.807) is 4.90 Å². The third-order valence-electron chi connectivity index (χ3n) is 6.41. The number of alkyl halides is 3. The molecule has 10 heteroatoms. The molecule has 1 N–H and O–H groups in total. The topological polar surface area (TPSA) is 69.7 Å². The van der Waals surface area contributed by atoms with Gasteiger partial charge in [0.15, 0.2) is 0 Å². The fraction of sp³-hybridized carbons (Fsp3) is 0.682. The SMILES string of the molecule is CC1CCN(CC2CCCN(C(=O)[C@H](C)NS(=O)(=O)c3ccccc3C(F)(F)F)C2)CC1. The molecule has 0 bridgehead atoms. The Kier molecular flexibility index (Phi) is 7.88. The maximum atomic E-state index is 13.3. The van der Waals surface area contributed by atoms with Crippen LogP contribution in [-0.4, -0.2) is 62.9 Å². The Morgan fingerprint density at radius 2 is 1.81 bits per heavy atom. The van der Waals surface area contributed by atoms with Crippen molar-refractivity contribution in [1.29, 1.82) is 0 Å². The maximum Gasteiger partial charge on any atom is 0.417 e. The van der Waals surface area contributed by atoms with Gasteiger partial charge < -0.3 is 9.80 Å². The fourth-order valence-corrected chi connectivity index (χ4v) is 6.00. The van der Waals surface area contributed by atoms with E-state index < -0.39 is 38.6 Å². The molecular formula is C22H32F3N3O3S. The third-order valence-corrected chi connectivity index (χ3v) is 8.01. The number of hydrogen-bond donors (Lipinski definition) is 1. The average molecular weight is 476 g/mol. The van der Waals surface area contributed by atoms with Gasteiger partial charge in [0.05, 0.1) is 16.5 Å². The van der Waals surface area contributed by atoms with Crippen LogP contribution in [0.25, 0.3) is 0 Å². The zero-order valence-corrected chi connectivity index (χ0v) is 19.4. The zero-order valence-electron chi connectivity index (χ0n) is 18.6. The largest absolute Gasteiger partial charge is 0.417 e. The van der Waals surface area contributed by atoms with E-state index in [1.807, 2.05) is 0 Å². The molecule has 1 aromatic rings. The standard InChI is InChI=1S/C22H32F3N3O3S/c1-16-9-12-27(13-10-16)14-18-6-5-11-28(15-18)21(29)17(2)26-32(30,31)20-8-4-3-7-19(20)22(23,24)25/h3-4,7-8,16-18,26H,5-6,9-15H2,1-2H3/t17-,18?/m0/s1. The molecule has 3 rings (SSSR count). The van der Waals surface area contributed by atoms with Gasteiger partial charge >= 0.3 is 6.18 Å². The number of carbonyl (C=O) groups excluding carboxylic acids is 1. The smallest absolute Gasteiger partial charge is 0.341 e. The molecule has 6 nitrogen and oxygen atoms in total. The number of carbonyl (C=O) groups is 1. The van der Waals surface area contributed by atoms with Gasteiger partial charge in [-0.1, -0.05) is 19.1 Å². The molecule has 180 valence electrons. The Bertz CT molecular complexity index is 899. The average Bonchev–Trinajstić information content (AvgIpc) is 2.74. The number of likely N-dealkylation sites (tertiary alicyclic amines) is 2. The molecule has 1 amide bonds. The minimum Gasteiger partial charge on any atom is -0.341 e. The normalized spacial score (nSPS) is 22.7. The van der Waals surface area contributed by atoms with Crippen LogP contribution in [0.3, 0.4) is 0 Å². The quantitative estimate of drug-likeness (QED) is 0.685. The zero-order chi connectivity index (χ0) is 23.5. The molecule has 0 saturated carbocycles. The highest BCUT2D eigenvalue weighted by Gasteiger charge is 2.38.